The predicted octanol–water partition coefficient (Wildman–Crippen LogP) is 1.30. The number of ether oxygens (including phenoxy) is 1. The molecule has 0 bridgehead atoms. The SMILES string of the molecule is COc1ccccc1C1CCNC1=O. The van der Waals surface area contributed by atoms with Gasteiger partial charge in [-0.05, 0) is 12.5 Å². The fourth-order valence-electron chi connectivity index (χ4n) is 1.85. The van der Waals surface area contributed by atoms with E-state index in [1.807, 2.05) is 24.3 Å². The molecular formula is C11H13NO2. The Balaban J connectivity index is 2.35. The number of rotatable bonds is 2. The van der Waals surface area contributed by atoms with Crippen LogP contribution >= 0.6 is 0 Å². The number of methoxy groups -OCH3 is 1. The summed E-state index contributed by atoms with van der Waals surface area (Å²) >= 11 is 0. The summed E-state index contributed by atoms with van der Waals surface area (Å²) in [6.45, 7) is 0.765. The first kappa shape index (κ1) is 9.06. The van der Waals surface area contributed by atoms with Crippen LogP contribution < -0.4 is 10.1 Å². The Morgan fingerprint density at radius 1 is 1.43 bits per heavy atom. The lowest BCUT2D eigenvalue weighted by Crippen LogP contribution is -2.18. The maximum absolute atomic E-state index is 11.5. The van der Waals surface area contributed by atoms with Crippen molar-refractivity contribution < 1.29 is 9.53 Å². The highest BCUT2D eigenvalue weighted by Gasteiger charge is 2.27. The summed E-state index contributed by atoms with van der Waals surface area (Å²) in [5.41, 5.74) is 0.991. The number of carbonyl (C=O) groups is 1. The average molecular weight is 191 g/mol. The molecule has 0 spiro atoms. The molecule has 3 nitrogen and oxygen atoms in total. The summed E-state index contributed by atoms with van der Waals surface area (Å²) in [5, 5.41) is 2.82. The van der Waals surface area contributed by atoms with Gasteiger partial charge in [0.2, 0.25) is 5.91 Å². The van der Waals surface area contributed by atoms with Gasteiger partial charge in [0, 0.05) is 12.1 Å². The van der Waals surface area contributed by atoms with Crippen LogP contribution in [0, 0.1) is 0 Å². The zero-order chi connectivity index (χ0) is 9.97. The van der Waals surface area contributed by atoms with Gasteiger partial charge in [-0.25, -0.2) is 0 Å². The van der Waals surface area contributed by atoms with Crippen LogP contribution in [0.4, 0.5) is 0 Å². The third kappa shape index (κ3) is 1.45. The first-order chi connectivity index (χ1) is 6.83. The largest absolute Gasteiger partial charge is 0.496 e. The molecule has 1 heterocycles. The van der Waals surface area contributed by atoms with Crippen LogP contribution in [-0.4, -0.2) is 19.6 Å². The number of nitrogens with one attached hydrogen (secondary N) is 1. The van der Waals surface area contributed by atoms with Gasteiger partial charge in [0.15, 0.2) is 0 Å². The molecule has 0 radical (unpaired) electrons. The van der Waals surface area contributed by atoms with Gasteiger partial charge < -0.3 is 10.1 Å². The molecule has 1 N–H and O–H groups in total. The van der Waals surface area contributed by atoms with Crippen LogP contribution in [0.1, 0.15) is 17.9 Å². The molecule has 1 aromatic rings. The molecule has 1 unspecified atom stereocenters. The lowest BCUT2D eigenvalue weighted by Gasteiger charge is -2.11. The van der Waals surface area contributed by atoms with Crippen molar-refractivity contribution in [1.82, 2.24) is 5.32 Å². The Morgan fingerprint density at radius 3 is 2.86 bits per heavy atom. The standard InChI is InChI=1S/C11H13NO2/c1-14-10-5-3-2-4-8(10)9-6-7-12-11(9)13/h2-5,9H,6-7H2,1H3,(H,12,13). The van der Waals surface area contributed by atoms with Crippen LogP contribution in [0.5, 0.6) is 5.75 Å². The summed E-state index contributed by atoms with van der Waals surface area (Å²) in [7, 11) is 1.63. The number of para-hydroxylation sites is 1. The van der Waals surface area contributed by atoms with Gasteiger partial charge in [-0.3, -0.25) is 4.79 Å². The van der Waals surface area contributed by atoms with E-state index in [-0.39, 0.29) is 11.8 Å². The second-order valence-electron chi connectivity index (χ2n) is 3.37. The Bertz CT molecular complexity index is 349. The third-order valence-corrected chi connectivity index (χ3v) is 2.56. The molecule has 1 saturated heterocycles. The summed E-state index contributed by atoms with van der Waals surface area (Å²) in [6, 6.07) is 7.69. The van der Waals surface area contributed by atoms with Gasteiger partial charge in [-0.15, -0.1) is 0 Å². The Morgan fingerprint density at radius 2 is 2.21 bits per heavy atom. The van der Waals surface area contributed by atoms with Gasteiger partial charge in [0.25, 0.3) is 0 Å². The van der Waals surface area contributed by atoms with Crippen molar-refractivity contribution in [3.63, 3.8) is 0 Å². The zero-order valence-corrected chi connectivity index (χ0v) is 8.12. The Kier molecular flexibility index (Phi) is 2.39. The Labute approximate surface area is 83.1 Å². The van der Waals surface area contributed by atoms with Crippen molar-refractivity contribution in [1.29, 1.82) is 0 Å². The molecule has 1 amide bonds. The quantitative estimate of drug-likeness (QED) is 0.765. The van der Waals surface area contributed by atoms with Crippen LogP contribution in [0.15, 0.2) is 24.3 Å². The second kappa shape index (κ2) is 3.70. The number of benzene rings is 1. The van der Waals surface area contributed by atoms with Crippen molar-refractivity contribution in [2.75, 3.05) is 13.7 Å². The second-order valence-corrected chi connectivity index (χ2v) is 3.37. The van der Waals surface area contributed by atoms with Crippen molar-refractivity contribution in [3.8, 4) is 5.75 Å². The predicted molar refractivity (Wildman–Crippen MR) is 53.4 cm³/mol. The summed E-state index contributed by atoms with van der Waals surface area (Å²) in [6.07, 6.45) is 0.860. The minimum Gasteiger partial charge on any atom is -0.496 e. The van der Waals surface area contributed by atoms with Gasteiger partial charge in [-0.2, -0.15) is 0 Å². The highest BCUT2D eigenvalue weighted by atomic mass is 16.5. The van der Waals surface area contributed by atoms with Gasteiger partial charge in [0.1, 0.15) is 5.75 Å². The first-order valence-corrected chi connectivity index (χ1v) is 4.73. The number of carbonyl (C=O) groups excluding carboxylic acids is 1. The first-order valence-electron chi connectivity index (χ1n) is 4.73. The fourth-order valence-corrected chi connectivity index (χ4v) is 1.85. The van der Waals surface area contributed by atoms with Crippen LogP contribution in [0.2, 0.25) is 0 Å². The normalized spacial score (nSPS) is 20.6. The van der Waals surface area contributed by atoms with Gasteiger partial charge in [-0.1, -0.05) is 18.2 Å². The van der Waals surface area contributed by atoms with Gasteiger partial charge in [0.05, 0.1) is 13.0 Å². The maximum Gasteiger partial charge on any atom is 0.227 e. The van der Waals surface area contributed by atoms with Crippen molar-refractivity contribution in [2.24, 2.45) is 0 Å². The highest BCUT2D eigenvalue weighted by Crippen LogP contribution is 2.30. The van der Waals surface area contributed by atoms with Crippen LogP contribution in [0.25, 0.3) is 0 Å². The average Bonchev–Trinajstić information content (AvgIpc) is 2.64. The molecule has 1 aromatic carbocycles. The van der Waals surface area contributed by atoms with E-state index in [2.05, 4.69) is 5.32 Å². The van der Waals surface area contributed by atoms with E-state index in [0.29, 0.717) is 0 Å². The van der Waals surface area contributed by atoms with Crippen LogP contribution in [0.3, 0.4) is 0 Å². The lowest BCUT2D eigenvalue weighted by molar-refractivity contribution is -0.120. The molecule has 1 fully saturated rings. The topological polar surface area (TPSA) is 38.3 Å². The third-order valence-electron chi connectivity index (χ3n) is 2.56. The van der Waals surface area contributed by atoms with Crippen molar-refractivity contribution in [2.45, 2.75) is 12.3 Å². The number of hydrogen-bond donors (Lipinski definition) is 1. The van der Waals surface area contributed by atoms with E-state index in [0.717, 1.165) is 24.3 Å². The molecule has 3 heteroatoms. The van der Waals surface area contributed by atoms with Crippen LogP contribution in [-0.2, 0) is 4.79 Å². The van der Waals surface area contributed by atoms with E-state index in [1.54, 1.807) is 7.11 Å². The Hall–Kier alpha value is -1.51. The summed E-state index contributed by atoms with van der Waals surface area (Å²) < 4.78 is 5.23. The summed E-state index contributed by atoms with van der Waals surface area (Å²) in [5.74, 6) is 0.871. The number of hydrogen-bond acceptors (Lipinski definition) is 2. The molecule has 0 aliphatic carbocycles. The number of amides is 1. The molecule has 0 aromatic heterocycles. The van der Waals surface area contributed by atoms with Gasteiger partial charge >= 0.3 is 0 Å². The molecule has 1 atom stereocenters. The fraction of sp³-hybridized carbons (Fsp3) is 0.364. The molecule has 74 valence electrons. The monoisotopic (exact) mass is 191 g/mol. The molecular weight excluding hydrogens is 178 g/mol. The smallest absolute Gasteiger partial charge is 0.227 e. The highest BCUT2D eigenvalue weighted by molar-refractivity contribution is 5.86. The van der Waals surface area contributed by atoms with E-state index >= 15 is 0 Å². The maximum atomic E-state index is 11.5. The van der Waals surface area contributed by atoms with Crippen molar-refractivity contribution >= 4 is 5.91 Å². The molecule has 14 heavy (non-hydrogen) atoms. The van der Waals surface area contributed by atoms with E-state index in [4.69, 9.17) is 4.74 Å². The molecule has 1 aliphatic heterocycles. The van der Waals surface area contributed by atoms with E-state index in [1.165, 1.54) is 0 Å². The minimum absolute atomic E-state index is 0.0360. The molecule has 1 aliphatic rings. The van der Waals surface area contributed by atoms with E-state index < -0.39 is 0 Å². The molecule has 2 rings (SSSR count). The van der Waals surface area contributed by atoms with E-state index in [9.17, 15) is 4.79 Å². The lowest BCUT2D eigenvalue weighted by atomic mass is 9.97. The van der Waals surface area contributed by atoms with Crippen molar-refractivity contribution in [3.05, 3.63) is 29.8 Å². The molecule has 0 saturated carbocycles. The zero-order valence-electron chi connectivity index (χ0n) is 8.12. The summed E-state index contributed by atoms with van der Waals surface area (Å²) in [4.78, 5) is 11.5. The minimum atomic E-state index is -0.0360.